The number of thioether (sulfide) groups is 1. The number of carbonyl (C=O) groups excluding carboxylic acids is 1. The molecule has 0 bridgehead atoms. The first-order chi connectivity index (χ1) is 9.58. The highest BCUT2D eigenvalue weighted by Crippen LogP contribution is 2.24. The minimum Gasteiger partial charge on any atom is -0.342 e. The number of rotatable bonds is 4. The second-order valence-electron chi connectivity index (χ2n) is 5.26. The van der Waals surface area contributed by atoms with Gasteiger partial charge in [0.05, 0.1) is 5.75 Å². The molecule has 1 aliphatic heterocycles. The average Bonchev–Trinajstić information content (AvgIpc) is 2.42. The molecule has 1 saturated heterocycles. The average molecular weight is 316 g/mol. The van der Waals surface area contributed by atoms with Crippen LogP contribution in [0.3, 0.4) is 0 Å². The molecule has 1 aromatic carbocycles. The minimum absolute atomic E-state index is 0.148. The Morgan fingerprint density at radius 2 is 2.15 bits per heavy atom. The molecule has 0 aliphatic carbocycles. The molecular weight excluding hydrogens is 297 g/mol. The van der Waals surface area contributed by atoms with Crippen molar-refractivity contribution in [2.75, 3.05) is 18.8 Å². The molecule has 0 unspecified atom stereocenters. The van der Waals surface area contributed by atoms with Gasteiger partial charge in [-0.1, -0.05) is 24.6 Å². The van der Waals surface area contributed by atoms with Gasteiger partial charge in [0, 0.05) is 29.4 Å². The second kappa shape index (κ2) is 7.32. The van der Waals surface area contributed by atoms with Gasteiger partial charge in [0.2, 0.25) is 5.91 Å². The third-order valence-electron chi connectivity index (χ3n) is 3.67. The van der Waals surface area contributed by atoms with Crippen molar-refractivity contribution in [3.05, 3.63) is 34.6 Å². The van der Waals surface area contributed by atoms with Crippen molar-refractivity contribution in [1.29, 1.82) is 0 Å². The van der Waals surface area contributed by atoms with Crippen LogP contribution in [-0.4, -0.2) is 29.6 Å². The summed E-state index contributed by atoms with van der Waals surface area (Å²) in [5, 5.41) is 0.428. The summed E-state index contributed by atoms with van der Waals surface area (Å²) in [5.41, 5.74) is 0.485. The van der Waals surface area contributed by atoms with Crippen LogP contribution >= 0.6 is 23.4 Å². The van der Waals surface area contributed by atoms with Gasteiger partial charge in [-0.15, -0.1) is 11.8 Å². The van der Waals surface area contributed by atoms with E-state index >= 15 is 0 Å². The summed E-state index contributed by atoms with van der Waals surface area (Å²) < 4.78 is 13.6. The Balaban J connectivity index is 1.79. The second-order valence-corrected chi connectivity index (χ2v) is 6.65. The molecule has 0 aromatic heterocycles. The number of halogens is 2. The highest BCUT2D eigenvalue weighted by atomic mass is 35.5. The number of amides is 1. The Morgan fingerprint density at radius 3 is 2.80 bits per heavy atom. The number of nitrogens with zero attached hydrogens (tertiary/aromatic N) is 1. The SMILES string of the molecule is CC1CCN(C(=O)CSCc2c(F)cccc2Cl)CC1. The zero-order chi connectivity index (χ0) is 14.5. The van der Waals surface area contributed by atoms with E-state index in [1.165, 1.54) is 17.8 Å². The monoisotopic (exact) mass is 315 g/mol. The molecule has 0 N–H and O–H groups in total. The molecule has 0 saturated carbocycles. The van der Waals surface area contributed by atoms with Crippen LogP contribution in [0.25, 0.3) is 0 Å². The first-order valence-electron chi connectivity index (χ1n) is 6.86. The van der Waals surface area contributed by atoms with E-state index in [0.717, 1.165) is 25.9 Å². The van der Waals surface area contributed by atoms with Gasteiger partial charge in [-0.25, -0.2) is 4.39 Å². The van der Waals surface area contributed by atoms with Crippen molar-refractivity contribution < 1.29 is 9.18 Å². The largest absolute Gasteiger partial charge is 0.342 e. The maximum Gasteiger partial charge on any atom is 0.232 e. The summed E-state index contributed by atoms with van der Waals surface area (Å²) in [6.07, 6.45) is 2.16. The van der Waals surface area contributed by atoms with Crippen LogP contribution in [0.5, 0.6) is 0 Å². The lowest BCUT2D eigenvalue weighted by molar-refractivity contribution is -0.129. The van der Waals surface area contributed by atoms with Crippen molar-refractivity contribution in [3.63, 3.8) is 0 Å². The molecule has 1 aromatic rings. The first-order valence-corrected chi connectivity index (χ1v) is 8.39. The van der Waals surface area contributed by atoms with Crippen molar-refractivity contribution in [2.24, 2.45) is 5.92 Å². The van der Waals surface area contributed by atoms with E-state index in [0.29, 0.717) is 28.0 Å². The summed E-state index contributed by atoms with van der Waals surface area (Å²) in [5.74, 6) is 1.38. The molecule has 2 rings (SSSR count). The number of benzene rings is 1. The predicted octanol–water partition coefficient (Wildman–Crippen LogP) is 3.97. The number of hydrogen-bond acceptors (Lipinski definition) is 2. The third kappa shape index (κ3) is 4.13. The molecule has 1 fully saturated rings. The maximum atomic E-state index is 13.6. The van der Waals surface area contributed by atoms with Crippen molar-refractivity contribution in [3.8, 4) is 0 Å². The molecule has 0 radical (unpaired) electrons. The summed E-state index contributed by atoms with van der Waals surface area (Å²) in [6.45, 7) is 3.92. The van der Waals surface area contributed by atoms with Crippen LogP contribution in [0.15, 0.2) is 18.2 Å². The lowest BCUT2D eigenvalue weighted by Crippen LogP contribution is -2.38. The molecule has 0 atom stereocenters. The number of likely N-dealkylation sites (tertiary alicyclic amines) is 1. The lowest BCUT2D eigenvalue weighted by Gasteiger charge is -2.30. The van der Waals surface area contributed by atoms with E-state index in [2.05, 4.69) is 6.92 Å². The van der Waals surface area contributed by atoms with E-state index < -0.39 is 0 Å². The van der Waals surface area contributed by atoms with Gasteiger partial charge in [-0.05, 0) is 30.9 Å². The van der Waals surface area contributed by atoms with Crippen LogP contribution in [0, 0.1) is 11.7 Å². The molecule has 5 heteroatoms. The Hall–Kier alpha value is -0.740. The fourth-order valence-electron chi connectivity index (χ4n) is 2.26. The van der Waals surface area contributed by atoms with E-state index in [1.54, 1.807) is 12.1 Å². The van der Waals surface area contributed by atoms with Gasteiger partial charge in [0.15, 0.2) is 0 Å². The van der Waals surface area contributed by atoms with Gasteiger partial charge >= 0.3 is 0 Å². The Bertz CT molecular complexity index is 455. The van der Waals surface area contributed by atoms with Crippen LogP contribution in [-0.2, 0) is 10.5 Å². The molecular formula is C15H19ClFNOS. The minimum atomic E-state index is -0.302. The highest BCUT2D eigenvalue weighted by Gasteiger charge is 2.20. The summed E-state index contributed by atoms with van der Waals surface area (Å²) in [6, 6.07) is 4.66. The van der Waals surface area contributed by atoms with Gasteiger partial charge < -0.3 is 4.90 Å². The van der Waals surface area contributed by atoms with Gasteiger partial charge in [-0.3, -0.25) is 4.79 Å². The molecule has 1 aliphatic rings. The topological polar surface area (TPSA) is 20.3 Å². The molecule has 110 valence electrons. The first kappa shape index (κ1) is 15.6. The molecule has 1 amide bonds. The molecule has 20 heavy (non-hydrogen) atoms. The highest BCUT2D eigenvalue weighted by molar-refractivity contribution is 7.99. The van der Waals surface area contributed by atoms with Crippen LogP contribution in [0.1, 0.15) is 25.3 Å². The van der Waals surface area contributed by atoms with Crippen LogP contribution in [0.2, 0.25) is 5.02 Å². The number of hydrogen-bond donors (Lipinski definition) is 0. The Morgan fingerprint density at radius 1 is 1.45 bits per heavy atom. The van der Waals surface area contributed by atoms with Crippen LogP contribution in [0.4, 0.5) is 4.39 Å². The van der Waals surface area contributed by atoms with Gasteiger partial charge in [-0.2, -0.15) is 0 Å². The van der Waals surface area contributed by atoms with Gasteiger partial charge in [0.25, 0.3) is 0 Å². The number of piperidine rings is 1. The quantitative estimate of drug-likeness (QED) is 0.838. The Labute approximate surface area is 128 Å². The van der Waals surface area contributed by atoms with Crippen LogP contribution < -0.4 is 0 Å². The summed E-state index contributed by atoms with van der Waals surface area (Å²) in [7, 11) is 0. The Kier molecular flexibility index (Phi) is 5.73. The maximum absolute atomic E-state index is 13.6. The number of carbonyl (C=O) groups is 1. The van der Waals surface area contributed by atoms with E-state index in [9.17, 15) is 9.18 Å². The summed E-state index contributed by atoms with van der Waals surface area (Å²) in [4.78, 5) is 14.0. The molecule has 0 spiro atoms. The molecule has 1 heterocycles. The zero-order valence-electron chi connectivity index (χ0n) is 11.6. The van der Waals surface area contributed by atoms with Crippen molar-refractivity contribution in [2.45, 2.75) is 25.5 Å². The fraction of sp³-hybridized carbons (Fsp3) is 0.533. The predicted molar refractivity (Wildman–Crippen MR) is 82.6 cm³/mol. The normalized spacial score (nSPS) is 16.4. The summed E-state index contributed by atoms with van der Waals surface area (Å²) >= 11 is 7.38. The standard InChI is InChI=1S/C15H19ClFNOS/c1-11-5-7-18(8-6-11)15(19)10-20-9-12-13(16)3-2-4-14(12)17/h2-4,11H,5-10H2,1H3. The van der Waals surface area contributed by atoms with Gasteiger partial charge in [0.1, 0.15) is 5.82 Å². The smallest absolute Gasteiger partial charge is 0.232 e. The molecule has 2 nitrogen and oxygen atoms in total. The lowest BCUT2D eigenvalue weighted by atomic mass is 9.99. The van der Waals surface area contributed by atoms with E-state index in [-0.39, 0.29) is 11.7 Å². The van der Waals surface area contributed by atoms with Crippen molar-refractivity contribution >= 4 is 29.3 Å². The fourth-order valence-corrected chi connectivity index (χ4v) is 3.53. The third-order valence-corrected chi connectivity index (χ3v) is 4.97. The van der Waals surface area contributed by atoms with E-state index in [1.807, 2.05) is 4.90 Å². The van der Waals surface area contributed by atoms with E-state index in [4.69, 9.17) is 11.6 Å². The zero-order valence-corrected chi connectivity index (χ0v) is 13.1. The van der Waals surface area contributed by atoms with Crippen molar-refractivity contribution in [1.82, 2.24) is 4.90 Å².